The van der Waals surface area contributed by atoms with E-state index >= 15 is 0 Å². The first kappa shape index (κ1) is 17.9. The number of hydrogen-bond acceptors (Lipinski definition) is 4. The molecule has 136 valence electrons. The standard InChI is InChI=1S/C18H25N3O3S/c1-18(2,3)24-17(23)19-9-10-20-14(11-19)12-21(16(20)22)13-5-7-15(25-4)8-6-13/h5-8,14H,9-12H2,1-4H3. The fourth-order valence-corrected chi connectivity index (χ4v) is 3.59. The van der Waals surface area contributed by atoms with Crippen LogP contribution in [-0.2, 0) is 4.74 Å². The third kappa shape index (κ3) is 3.86. The van der Waals surface area contributed by atoms with E-state index in [0.29, 0.717) is 26.2 Å². The Morgan fingerprint density at radius 3 is 2.44 bits per heavy atom. The number of fused-ring (bicyclic) bond motifs is 1. The predicted molar refractivity (Wildman–Crippen MR) is 99.3 cm³/mol. The van der Waals surface area contributed by atoms with Crippen molar-refractivity contribution in [3.05, 3.63) is 24.3 Å². The number of benzene rings is 1. The summed E-state index contributed by atoms with van der Waals surface area (Å²) in [6, 6.07) is 8.04. The van der Waals surface area contributed by atoms with Crippen LogP contribution in [0, 0.1) is 0 Å². The molecule has 0 spiro atoms. The van der Waals surface area contributed by atoms with Gasteiger partial charge < -0.3 is 14.5 Å². The fourth-order valence-electron chi connectivity index (χ4n) is 3.18. The number of urea groups is 1. The Kier molecular flexibility index (Phi) is 4.86. The second-order valence-electron chi connectivity index (χ2n) is 7.36. The van der Waals surface area contributed by atoms with Gasteiger partial charge in [-0.15, -0.1) is 11.8 Å². The minimum Gasteiger partial charge on any atom is -0.444 e. The molecule has 2 saturated heterocycles. The molecule has 1 aromatic carbocycles. The first-order chi connectivity index (χ1) is 11.8. The number of carbonyl (C=O) groups excluding carboxylic acids is 2. The maximum Gasteiger partial charge on any atom is 0.410 e. The molecule has 0 radical (unpaired) electrons. The molecule has 0 aromatic heterocycles. The van der Waals surface area contributed by atoms with Crippen molar-refractivity contribution in [2.45, 2.75) is 37.3 Å². The Morgan fingerprint density at radius 1 is 1.16 bits per heavy atom. The van der Waals surface area contributed by atoms with Crippen molar-refractivity contribution in [3.63, 3.8) is 0 Å². The summed E-state index contributed by atoms with van der Waals surface area (Å²) in [7, 11) is 0. The number of piperazine rings is 1. The van der Waals surface area contributed by atoms with Gasteiger partial charge >= 0.3 is 12.1 Å². The van der Waals surface area contributed by atoms with Crippen LogP contribution in [0.25, 0.3) is 0 Å². The Balaban J connectivity index is 1.68. The molecule has 7 heteroatoms. The van der Waals surface area contributed by atoms with E-state index in [1.54, 1.807) is 21.6 Å². The molecule has 2 aliphatic rings. The third-order valence-corrected chi connectivity index (χ3v) is 5.13. The van der Waals surface area contributed by atoms with Crippen LogP contribution in [0.1, 0.15) is 20.8 Å². The number of thioether (sulfide) groups is 1. The lowest BCUT2D eigenvalue weighted by Crippen LogP contribution is -2.54. The first-order valence-electron chi connectivity index (χ1n) is 8.48. The molecule has 2 fully saturated rings. The highest BCUT2D eigenvalue weighted by molar-refractivity contribution is 7.98. The van der Waals surface area contributed by atoms with Gasteiger partial charge in [-0.3, -0.25) is 4.90 Å². The highest BCUT2D eigenvalue weighted by Crippen LogP contribution is 2.28. The van der Waals surface area contributed by atoms with Gasteiger partial charge in [-0.1, -0.05) is 0 Å². The maximum atomic E-state index is 12.7. The molecule has 2 aliphatic heterocycles. The lowest BCUT2D eigenvalue weighted by atomic mass is 10.2. The molecule has 0 bridgehead atoms. The van der Waals surface area contributed by atoms with Crippen molar-refractivity contribution in [2.24, 2.45) is 0 Å². The minimum atomic E-state index is -0.509. The summed E-state index contributed by atoms with van der Waals surface area (Å²) in [5.74, 6) is 0. The highest BCUT2D eigenvalue weighted by Gasteiger charge is 2.42. The summed E-state index contributed by atoms with van der Waals surface area (Å²) >= 11 is 1.68. The molecule has 3 rings (SSSR count). The molecule has 1 unspecified atom stereocenters. The van der Waals surface area contributed by atoms with Crippen molar-refractivity contribution in [3.8, 4) is 0 Å². The van der Waals surface area contributed by atoms with Gasteiger partial charge in [-0.2, -0.15) is 0 Å². The quantitative estimate of drug-likeness (QED) is 0.757. The lowest BCUT2D eigenvalue weighted by molar-refractivity contribution is 0.0128. The molecule has 6 nitrogen and oxygen atoms in total. The molecule has 1 atom stereocenters. The zero-order valence-electron chi connectivity index (χ0n) is 15.2. The summed E-state index contributed by atoms with van der Waals surface area (Å²) in [4.78, 5) is 31.5. The zero-order valence-corrected chi connectivity index (χ0v) is 16.0. The number of ether oxygens (including phenoxy) is 1. The number of amides is 3. The molecule has 2 heterocycles. The number of carbonyl (C=O) groups is 2. The molecule has 25 heavy (non-hydrogen) atoms. The molecule has 3 amide bonds. The largest absolute Gasteiger partial charge is 0.444 e. The SMILES string of the molecule is CSc1ccc(N2CC3CN(C(=O)OC(C)(C)C)CCN3C2=O)cc1. The highest BCUT2D eigenvalue weighted by atomic mass is 32.2. The smallest absolute Gasteiger partial charge is 0.410 e. The summed E-state index contributed by atoms with van der Waals surface area (Å²) in [6.45, 7) is 7.75. The normalized spacial score (nSPS) is 20.7. The van der Waals surface area contributed by atoms with E-state index in [2.05, 4.69) is 0 Å². The van der Waals surface area contributed by atoms with Crippen LogP contribution in [0.15, 0.2) is 29.2 Å². The number of nitrogens with zero attached hydrogens (tertiary/aromatic N) is 3. The van der Waals surface area contributed by atoms with E-state index in [1.165, 1.54) is 4.90 Å². The lowest BCUT2D eigenvalue weighted by Gasteiger charge is -2.36. The van der Waals surface area contributed by atoms with E-state index in [-0.39, 0.29) is 18.2 Å². The van der Waals surface area contributed by atoms with Gasteiger partial charge in [-0.25, -0.2) is 9.59 Å². The topological polar surface area (TPSA) is 53.1 Å². The van der Waals surface area contributed by atoms with Gasteiger partial charge in [-0.05, 0) is 51.3 Å². The van der Waals surface area contributed by atoms with Gasteiger partial charge in [0.2, 0.25) is 0 Å². The van der Waals surface area contributed by atoms with Gasteiger partial charge in [0.25, 0.3) is 0 Å². The van der Waals surface area contributed by atoms with E-state index in [4.69, 9.17) is 4.74 Å². The average molecular weight is 363 g/mol. The summed E-state index contributed by atoms with van der Waals surface area (Å²) in [5, 5.41) is 0. The molecule has 1 aromatic rings. The monoisotopic (exact) mass is 363 g/mol. The second kappa shape index (κ2) is 6.78. The van der Waals surface area contributed by atoms with Crippen LogP contribution in [0.5, 0.6) is 0 Å². The summed E-state index contributed by atoms with van der Waals surface area (Å²) < 4.78 is 5.46. The number of rotatable bonds is 2. The Morgan fingerprint density at radius 2 is 1.84 bits per heavy atom. The van der Waals surface area contributed by atoms with Crippen LogP contribution < -0.4 is 4.90 Å². The van der Waals surface area contributed by atoms with E-state index in [0.717, 1.165) is 5.69 Å². The van der Waals surface area contributed by atoms with Crippen molar-refractivity contribution in [1.82, 2.24) is 9.80 Å². The minimum absolute atomic E-state index is 0.00833. The predicted octanol–water partition coefficient (Wildman–Crippen LogP) is 3.27. The molecular formula is C18H25N3O3S. The first-order valence-corrected chi connectivity index (χ1v) is 9.71. The van der Waals surface area contributed by atoms with E-state index < -0.39 is 5.60 Å². The molecule has 0 N–H and O–H groups in total. The Labute approximate surface area is 153 Å². The summed E-state index contributed by atoms with van der Waals surface area (Å²) in [6.07, 6.45) is 1.73. The molecule has 0 aliphatic carbocycles. The molecular weight excluding hydrogens is 338 g/mol. The molecule has 0 saturated carbocycles. The maximum absolute atomic E-state index is 12.7. The van der Waals surface area contributed by atoms with E-state index in [1.807, 2.05) is 56.2 Å². The second-order valence-corrected chi connectivity index (χ2v) is 8.24. The van der Waals surface area contributed by atoms with Gasteiger partial charge in [0, 0.05) is 36.8 Å². The number of hydrogen-bond donors (Lipinski definition) is 0. The van der Waals surface area contributed by atoms with Crippen molar-refractivity contribution < 1.29 is 14.3 Å². The van der Waals surface area contributed by atoms with Crippen molar-refractivity contribution in [1.29, 1.82) is 0 Å². The zero-order chi connectivity index (χ0) is 18.2. The van der Waals surface area contributed by atoms with Crippen molar-refractivity contribution >= 4 is 29.6 Å². The van der Waals surface area contributed by atoms with Gasteiger partial charge in [0.15, 0.2) is 0 Å². The fraction of sp³-hybridized carbons (Fsp3) is 0.556. The van der Waals surface area contributed by atoms with Crippen LogP contribution >= 0.6 is 11.8 Å². The van der Waals surface area contributed by atoms with Crippen LogP contribution in [0.3, 0.4) is 0 Å². The number of anilines is 1. The van der Waals surface area contributed by atoms with E-state index in [9.17, 15) is 9.59 Å². The summed E-state index contributed by atoms with van der Waals surface area (Å²) in [5.41, 5.74) is 0.395. The van der Waals surface area contributed by atoms with Gasteiger partial charge in [0.1, 0.15) is 5.60 Å². The van der Waals surface area contributed by atoms with Crippen LogP contribution in [0.4, 0.5) is 15.3 Å². The van der Waals surface area contributed by atoms with Crippen LogP contribution in [-0.4, -0.2) is 66.0 Å². The Bertz CT molecular complexity index is 657. The third-order valence-electron chi connectivity index (χ3n) is 4.39. The average Bonchev–Trinajstić information content (AvgIpc) is 2.90. The van der Waals surface area contributed by atoms with Crippen LogP contribution in [0.2, 0.25) is 0 Å². The van der Waals surface area contributed by atoms with Gasteiger partial charge in [0.05, 0.1) is 6.04 Å². The Hall–Kier alpha value is -1.89. The van der Waals surface area contributed by atoms with Crippen molar-refractivity contribution in [2.75, 3.05) is 37.3 Å².